The van der Waals surface area contributed by atoms with E-state index in [-0.39, 0.29) is 16.9 Å². The van der Waals surface area contributed by atoms with E-state index in [1.165, 1.54) is 29.1 Å². The highest BCUT2D eigenvalue weighted by atomic mass is 16.4. The minimum absolute atomic E-state index is 0.208. The predicted molar refractivity (Wildman–Crippen MR) is 111 cm³/mol. The summed E-state index contributed by atoms with van der Waals surface area (Å²) in [6.07, 6.45) is 1.41. The molecule has 1 heterocycles. The first-order valence-corrected chi connectivity index (χ1v) is 8.86. The van der Waals surface area contributed by atoms with Crippen LogP contribution in [0.4, 0.5) is 5.69 Å². The second kappa shape index (κ2) is 7.12. The Morgan fingerprint density at radius 3 is 2.62 bits per heavy atom. The quantitative estimate of drug-likeness (QED) is 0.463. The molecule has 3 N–H and O–H groups in total. The van der Waals surface area contributed by atoms with Crippen molar-refractivity contribution in [3.63, 3.8) is 0 Å². The van der Waals surface area contributed by atoms with Gasteiger partial charge in [-0.25, -0.2) is 9.48 Å². The summed E-state index contributed by atoms with van der Waals surface area (Å²) < 4.78 is 1.48. The average Bonchev–Trinajstić information content (AvgIpc) is 2.99. The topological polar surface area (TPSA) is 108 Å². The number of carboxylic acids is 1. The number of aromatic carboxylic acids is 1. The minimum Gasteiger partial charge on any atom is -0.507 e. The Kier molecular flexibility index (Phi) is 4.48. The van der Waals surface area contributed by atoms with Crippen LogP contribution in [0.15, 0.2) is 70.5 Å². The number of aliphatic imine (C=N–C) groups is 1. The van der Waals surface area contributed by atoms with Crippen LogP contribution in [0, 0.1) is 6.92 Å². The molecule has 29 heavy (non-hydrogen) atoms. The highest BCUT2D eigenvalue weighted by Crippen LogP contribution is 2.24. The van der Waals surface area contributed by atoms with Crippen LogP contribution in [0.5, 0.6) is 5.75 Å². The molecule has 0 saturated heterocycles. The van der Waals surface area contributed by atoms with Crippen molar-refractivity contribution in [3.05, 3.63) is 87.8 Å². The SMILES string of the molecule is Cc1[nH]n(-c2cccc3ccccc23)c(=O)c1C=Nc1ccc(C(=O)O)c(O)c1. The second-order valence-corrected chi connectivity index (χ2v) is 6.55. The van der Waals surface area contributed by atoms with Crippen molar-refractivity contribution in [3.8, 4) is 11.4 Å². The van der Waals surface area contributed by atoms with Gasteiger partial charge in [0, 0.05) is 23.4 Å². The fourth-order valence-electron chi connectivity index (χ4n) is 3.20. The Balaban J connectivity index is 1.75. The van der Waals surface area contributed by atoms with Gasteiger partial charge in [0.25, 0.3) is 5.56 Å². The summed E-state index contributed by atoms with van der Waals surface area (Å²) in [5.74, 6) is -1.61. The Hall–Kier alpha value is -4.13. The van der Waals surface area contributed by atoms with E-state index in [0.717, 1.165) is 16.5 Å². The number of aryl methyl sites for hydroxylation is 1. The molecule has 7 heteroatoms. The van der Waals surface area contributed by atoms with Gasteiger partial charge in [0.1, 0.15) is 11.3 Å². The summed E-state index contributed by atoms with van der Waals surface area (Å²) in [6.45, 7) is 1.77. The molecule has 7 nitrogen and oxygen atoms in total. The lowest BCUT2D eigenvalue weighted by atomic mass is 10.1. The van der Waals surface area contributed by atoms with E-state index in [4.69, 9.17) is 5.11 Å². The molecule has 0 radical (unpaired) electrons. The number of nitrogens with zero attached hydrogens (tertiary/aromatic N) is 2. The van der Waals surface area contributed by atoms with Crippen LogP contribution >= 0.6 is 0 Å². The zero-order chi connectivity index (χ0) is 20.5. The molecule has 0 fully saturated rings. The third kappa shape index (κ3) is 3.29. The number of hydrogen-bond donors (Lipinski definition) is 3. The first kappa shape index (κ1) is 18.2. The van der Waals surface area contributed by atoms with Crippen molar-refractivity contribution in [1.29, 1.82) is 0 Å². The van der Waals surface area contributed by atoms with E-state index in [1.54, 1.807) is 6.92 Å². The summed E-state index contributed by atoms with van der Waals surface area (Å²) in [7, 11) is 0. The Bertz CT molecular complexity index is 1330. The molecule has 1 aromatic heterocycles. The number of carboxylic acid groups (broad SMARTS) is 1. The lowest BCUT2D eigenvalue weighted by Crippen LogP contribution is -2.17. The number of aromatic hydroxyl groups is 1. The second-order valence-electron chi connectivity index (χ2n) is 6.55. The fourth-order valence-corrected chi connectivity index (χ4v) is 3.20. The smallest absolute Gasteiger partial charge is 0.339 e. The summed E-state index contributed by atoms with van der Waals surface area (Å²) in [5, 5.41) is 23.8. The summed E-state index contributed by atoms with van der Waals surface area (Å²) >= 11 is 0. The minimum atomic E-state index is -1.22. The zero-order valence-electron chi connectivity index (χ0n) is 15.5. The lowest BCUT2D eigenvalue weighted by molar-refractivity contribution is 0.0694. The van der Waals surface area contributed by atoms with Crippen molar-refractivity contribution in [2.75, 3.05) is 0 Å². The van der Waals surface area contributed by atoms with E-state index >= 15 is 0 Å². The normalized spacial score (nSPS) is 11.3. The number of hydrogen-bond acceptors (Lipinski definition) is 4. The summed E-state index contributed by atoms with van der Waals surface area (Å²) in [6, 6.07) is 17.5. The Morgan fingerprint density at radius 2 is 1.86 bits per heavy atom. The van der Waals surface area contributed by atoms with Gasteiger partial charge >= 0.3 is 5.97 Å². The number of aromatic nitrogens is 2. The Labute approximate surface area is 165 Å². The molecule has 0 bridgehead atoms. The first-order chi connectivity index (χ1) is 14.0. The molecule has 0 unspecified atom stereocenters. The van der Waals surface area contributed by atoms with Crippen LogP contribution in [0.2, 0.25) is 0 Å². The molecule has 0 aliphatic heterocycles. The molecule has 144 valence electrons. The van der Waals surface area contributed by atoms with Gasteiger partial charge in [-0.15, -0.1) is 0 Å². The van der Waals surface area contributed by atoms with Gasteiger partial charge in [-0.3, -0.25) is 14.9 Å². The molecule has 0 spiro atoms. The van der Waals surface area contributed by atoms with Crippen LogP contribution in [0.3, 0.4) is 0 Å². The number of nitrogens with one attached hydrogen (secondary N) is 1. The standard InChI is InChI=1S/C22H17N3O4/c1-13-18(12-23-15-9-10-17(22(28)29)20(26)11-15)21(27)25(24-13)19-8-4-6-14-5-2-3-7-16(14)19/h2-12,24,26H,1H3,(H,28,29). The molecule has 4 rings (SSSR count). The van der Waals surface area contributed by atoms with E-state index in [2.05, 4.69) is 10.1 Å². The van der Waals surface area contributed by atoms with E-state index in [9.17, 15) is 14.7 Å². The third-order valence-corrected chi connectivity index (χ3v) is 4.68. The van der Waals surface area contributed by atoms with E-state index < -0.39 is 5.97 Å². The fraction of sp³-hybridized carbons (Fsp3) is 0.0455. The van der Waals surface area contributed by atoms with Crippen LogP contribution in [-0.2, 0) is 0 Å². The van der Waals surface area contributed by atoms with Crippen LogP contribution in [0.1, 0.15) is 21.6 Å². The highest BCUT2D eigenvalue weighted by molar-refractivity contribution is 5.92. The maximum atomic E-state index is 13.0. The number of fused-ring (bicyclic) bond motifs is 1. The molecule has 4 aromatic rings. The lowest BCUT2D eigenvalue weighted by Gasteiger charge is -2.06. The number of aromatic amines is 1. The van der Waals surface area contributed by atoms with Gasteiger partial charge in [0.15, 0.2) is 0 Å². The Morgan fingerprint density at radius 1 is 1.10 bits per heavy atom. The molecule has 3 aromatic carbocycles. The molecular formula is C22H17N3O4. The van der Waals surface area contributed by atoms with Crippen LogP contribution < -0.4 is 5.56 Å². The maximum Gasteiger partial charge on any atom is 0.339 e. The first-order valence-electron chi connectivity index (χ1n) is 8.86. The van der Waals surface area contributed by atoms with Crippen molar-refractivity contribution in [2.45, 2.75) is 6.92 Å². The molecule has 0 aliphatic carbocycles. The van der Waals surface area contributed by atoms with Crippen molar-refractivity contribution < 1.29 is 15.0 Å². The van der Waals surface area contributed by atoms with E-state index in [0.29, 0.717) is 16.9 Å². The van der Waals surface area contributed by atoms with Crippen molar-refractivity contribution in [1.82, 2.24) is 9.78 Å². The molecular weight excluding hydrogens is 370 g/mol. The number of phenols is 1. The summed E-state index contributed by atoms with van der Waals surface area (Å²) in [5.41, 5.74) is 1.62. The van der Waals surface area contributed by atoms with Gasteiger partial charge in [0.05, 0.1) is 16.9 Å². The monoisotopic (exact) mass is 387 g/mol. The van der Waals surface area contributed by atoms with Crippen LogP contribution in [-0.4, -0.2) is 32.2 Å². The number of carbonyl (C=O) groups is 1. The molecule has 0 amide bonds. The van der Waals surface area contributed by atoms with Gasteiger partial charge in [0.2, 0.25) is 0 Å². The van der Waals surface area contributed by atoms with Gasteiger partial charge in [-0.05, 0) is 30.5 Å². The summed E-state index contributed by atoms with van der Waals surface area (Å²) in [4.78, 5) is 28.2. The number of benzene rings is 3. The van der Waals surface area contributed by atoms with Crippen molar-refractivity contribution in [2.24, 2.45) is 4.99 Å². The number of H-pyrrole nitrogens is 1. The maximum absolute atomic E-state index is 13.0. The zero-order valence-corrected chi connectivity index (χ0v) is 15.5. The predicted octanol–water partition coefficient (Wildman–Crippen LogP) is 3.78. The third-order valence-electron chi connectivity index (χ3n) is 4.68. The molecule has 0 atom stereocenters. The molecule has 0 aliphatic rings. The molecule has 0 saturated carbocycles. The van der Waals surface area contributed by atoms with Crippen LogP contribution in [0.25, 0.3) is 16.5 Å². The highest BCUT2D eigenvalue weighted by Gasteiger charge is 2.13. The largest absolute Gasteiger partial charge is 0.507 e. The van der Waals surface area contributed by atoms with E-state index in [1.807, 2.05) is 42.5 Å². The van der Waals surface area contributed by atoms with Gasteiger partial charge in [-0.1, -0.05) is 36.4 Å². The van der Waals surface area contributed by atoms with Gasteiger partial charge < -0.3 is 10.2 Å². The van der Waals surface area contributed by atoms with Gasteiger partial charge in [-0.2, -0.15) is 0 Å². The number of rotatable bonds is 4. The van der Waals surface area contributed by atoms with Crippen molar-refractivity contribution >= 4 is 28.6 Å². The average molecular weight is 387 g/mol.